The second kappa shape index (κ2) is 3.27. The Morgan fingerprint density at radius 3 is 2.87 bits per heavy atom. The summed E-state index contributed by atoms with van der Waals surface area (Å²) in [5, 5.41) is 0.988. The number of carbonyl (C=O) groups is 2. The maximum absolute atomic E-state index is 13.7. The molecule has 15 heavy (non-hydrogen) atoms. The number of amides is 1. The molecule has 1 fully saturated rings. The molecule has 80 valence electrons. The monoisotopic (exact) mass is 211 g/mol. The Hall–Kier alpha value is -1.49. The normalized spacial score (nSPS) is 30.3. The molecular formula is C10H10FNO3. The summed E-state index contributed by atoms with van der Waals surface area (Å²) in [6, 6.07) is 0. The van der Waals surface area contributed by atoms with Gasteiger partial charge in [0.25, 0.3) is 0 Å². The molecule has 1 heterocycles. The summed E-state index contributed by atoms with van der Waals surface area (Å²) in [6.45, 7) is 0. The Kier molecular flexibility index (Phi) is 2.19. The van der Waals surface area contributed by atoms with Crippen molar-refractivity contribution in [1.82, 2.24) is 5.06 Å². The van der Waals surface area contributed by atoms with Crippen LogP contribution in [-0.2, 0) is 14.4 Å². The molecule has 1 spiro atoms. The van der Waals surface area contributed by atoms with Gasteiger partial charge in [0.2, 0.25) is 5.91 Å². The van der Waals surface area contributed by atoms with E-state index in [-0.39, 0.29) is 12.3 Å². The van der Waals surface area contributed by atoms with E-state index in [1.165, 1.54) is 19.3 Å². The highest BCUT2D eigenvalue weighted by molar-refractivity contribution is 6.01. The van der Waals surface area contributed by atoms with E-state index in [9.17, 15) is 14.0 Å². The molecular weight excluding hydrogens is 201 g/mol. The lowest BCUT2D eigenvalue weighted by molar-refractivity contribution is -0.185. The second-order valence-corrected chi connectivity index (χ2v) is 3.52. The molecule has 4 nitrogen and oxygen atoms in total. The SMILES string of the molecule is CON1C(=O)CCC12C=CC(=O)C=C2F. The van der Waals surface area contributed by atoms with Gasteiger partial charge in [0.1, 0.15) is 11.4 Å². The number of halogens is 1. The van der Waals surface area contributed by atoms with Crippen LogP contribution in [0.1, 0.15) is 12.8 Å². The van der Waals surface area contributed by atoms with Crippen molar-refractivity contribution in [2.24, 2.45) is 0 Å². The smallest absolute Gasteiger partial charge is 0.247 e. The van der Waals surface area contributed by atoms with Gasteiger partial charge in [-0.25, -0.2) is 9.45 Å². The fraction of sp³-hybridized carbons (Fsp3) is 0.400. The van der Waals surface area contributed by atoms with Crippen LogP contribution in [0.2, 0.25) is 0 Å². The summed E-state index contributed by atoms with van der Waals surface area (Å²) in [6.07, 6.45) is 4.05. The van der Waals surface area contributed by atoms with Gasteiger partial charge in [0.15, 0.2) is 5.78 Å². The van der Waals surface area contributed by atoms with Crippen LogP contribution in [0.4, 0.5) is 4.39 Å². The molecule has 1 aliphatic carbocycles. The van der Waals surface area contributed by atoms with Gasteiger partial charge in [0.05, 0.1) is 7.11 Å². The molecule has 0 saturated carbocycles. The molecule has 0 aromatic rings. The first-order valence-corrected chi connectivity index (χ1v) is 4.58. The molecule has 1 amide bonds. The standard InChI is InChI=1S/C10H10FNO3/c1-15-12-9(14)3-5-10(12)4-2-7(13)6-8(10)11/h2,4,6H,3,5H2,1H3. The molecule has 0 bridgehead atoms. The molecule has 1 atom stereocenters. The first kappa shape index (κ1) is 10.0. The molecule has 0 aromatic heterocycles. The number of hydroxylamine groups is 2. The van der Waals surface area contributed by atoms with E-state index in [0.717, 1.165) is 11.1 Å². The lowest BCUT2D eigenvalue weighted by atomic mass is 9.90. The van der Waals surface area contributed by atoms with E-state index in [4.69, 9.17) is 4.84 Å². The topological polar surface area (TPSA) is 46.6 Å². The summed E-state index contributed by atoms with van der Waals surface area (Å²) in [7, 11) is 1.31. The summed E-state index contributed by atoms with van der Waals surface area (Å²) in [5.74, 6) is -1.32. The van der Waals surface area contributed by atoms with Crippen LogP contribution in [0.25, 0.3) is 0 Å². The van der Waals surface area contributed by atoms with Crippen molar-refractivity contribution in [2.45, 2.75) is 18.4 Å². The maximum atomic E-state index is 13.7. The van der Waals surface area contributed by atoms with Crippen LogP contribution in [0.15, 0.2) is 24.1 Å². The Balaban J connectivity index is 2.43. The van der Waals surface area contributed by atoms with Crippen molar-refractivity contribution in [3.05, 3.63) is 24.1 Å². The summed E-state index contributed by atoms with van der Waals surface area (Å²) >= 11 is 0. The molecule has 1 aliphatic heterocycles. The van der Waals surface area contributed by atoms with Crippen LogP contribution in [-0.4, -0.2) is 29.4 Å². The summed E-state index contributed by atoms with van der Waals surface area (Å²) in [5.41, 5.74) is -1.19. The van der Waals surface area contributed by atoms with Crippen molar-refractivity contribution >= 4 is 11.7 Å². The van der Waals surface area contributed by atoms with Gasteiger partial charge in [-0.2, -0.15) is 0 Å². The predicted molar refractivity (Wildman–Crippen MR) is 49.2 cm³/mol. The average molecular weight is 211 g/mol. The number of hydrogen-bond acceptors (Lipinski definition) is 3. The highest BCUT2D eigenvalue weighted by Gasteiger charge is 2.49. The third kappa shape index (κ3) is 1.31. The largest absolute Gasteiger partial charge is 0.290 e. The molecule has 0 aromatic carbocycles. The maximum Gasteiger partial charge on any atom is 0.247 e. The van der Waals surface area contributed by atoms with Crippen LogP contribution in [0, 0.1) is 0 Å². The molecule has 0 radical (unpaired) electrons. The van der Waals surface area contributed by atoms with Gasteiger partial charge in [-0.15, -0.1) is 0 Å². The third-order valence-electron chi connectivity index (χ3n) is 2.70. The van der Waals surface area contributed by atoms with Gasteiger partial charge >= 0.3 is 0 Å². The molecule has 2 aliphatic rings. The zero-order chi connectivity index (χ0) is 11.1. The van der Waals surface area contributed by atoms with Crippen LogP contribution in [0.5, 0.6) is 0 Å². The number of ketones is 1. The van der Waals surface area contributed by atoms with Crippen molar-refractivity contribution in [1.29, 1.82) is 0 Å². The fourth-order valence-electron chi connectivity index (χ4n) is 1.95. The quantitative estimate of drug-likeness (QED) is 0.647. The predicted octanol–water partition coefficient (Wildman–Crippen LogP) is 0.901. The highest BCUT2D eigenvalue weighted by Crippen LogP contribution is 2.40. The average Bonchev–Trinajstić information content (AvgIpc) is 2.51. The van der Waals surface area contributed by atoms with Gasteiger partial charge in [0, 0.05) is 12.5 Å². The Morgan fingerprint density at radius 2 is 2.27 bits per heavy atom. The van der Waals surface area contributed by atoms with E-state index in [2.05, 4.69) is 0 Å². The van der Waals surface area contributed by atoms with Gasteiger partial charge in [-0.3, -0.25) is 14.4 Å². The lowest BCUT2D eigenvalue weighted by Crippen LogP contribution is -2.45. The Labute approximate surface area is 85.9 Å². The fourth-order valence-corrected chi connectivity index (χ4v) is 1.95. The molecule has 1 saturated heterocycles. The van der Waals surface area contributed by atoms with Crippen molar-refractivity contribution in [3.63, 3.8) is 0 Å². The summed E-state index contributed by atoms with van der Waals surface area (Å²) < 4.78 is 13.7. The highest BCUT2D eigenvalue weighted by atomic mass is 19.1. The van der Waals surface area contributed by atoms with Gasteiger partial charge < -0.3 is 0 Å². The van der Waals surface area contributed by atoms with Crippen LogP contribution >= 0.6 is 0 Å². The minimum Gasteiger partial charge on any atom is -0.290 e. The van der Waals surface area contributed by atoms with E-state index in [1.807, 2.05) is 0 Å². The van der Waals surface area contributed by atoms with E-state index in [1.54, 1.807) is 0 Å². The Morgan fingerprint density at radius 1 is 1.53 bits per heavy atom. The summed E-state index contributed by atoms with van der Waals surface area (Å²) in [4.78, 5) is 27.2. The van der Waals surface area contributed by atoms with Crippen LogP contribution < -0.4 is 0 Å². The minimum absolute atomic E-state index is 0.216. The number of allylic oxidation sites excluding steroid dienone is 2. The molecule has 5 heteroatoms. The van der Waals surface area contributed by atoms with E-state index < -0.39 is 17.1 Å². The van der Waals surface area contributed by atoms with Gasteiger partial charge in [-0.1, -0.05) is 0 Å². The number of rotatable bonds is 1. The van der Waals surface area contributed by atoms with Crippen LogP contribution in [0.3, 0.4) is 0 Å². The Bertz CT molecular complexity index is 388. The van der Waals surface area contributed by atoms with Gasteiger partial charge in [-0.05, 0) is 18.6 Å². The third-order valence-corrected chi connectivity index (χ3v) is 2.70. The number of nitrogens with zero attached hydrogens (tertiary/aromatic N) is 1. The molecule has 0 N–H and O–H groups in total. The van der Waals surface area contributed by atoms with Crippen molar-refractivity contribution in [3.8, 4) is 0 Å². The molecule has 1 unspecified atom stereocenters. The first-order valence-electron chi connectivity index (χ1n) is 4.58. The first-order chi connectivity index (χ1) is 7.10. The number of hydrogen-bond donors (Lipinski definition) is 0. The van der Waals surface area contributed by atoms with Crippen molar-refractivity contribution in [2.75, 3.05) is 7.11 Å². The van der Waals surface area contributed by atoms with E-state index in [0.29, 0.717) is 6.42 Å². The lowest BCUT2D eigenvalue weighted by Gasteiger charge is -2.33. The van der Waals surface area contributed by atoms with E-state index >= 15 is 0 Å². The second-order valence-electron chi connectivity index (χ2n) is 3.52. The number of carbonyl (C=O) groups excluding carboxylic acids is 2. The zero-order valence-electron chi connectivity index (χ0n) is 8.20. The zero-order valence-corrected chi connectivity index (χ0v) is 8.20. The van der Waals surface area contributed by atoms with Crippen molar-refractivity contribution < 1.29 is 18.8 Å². The molecule has 2 rings (SSSR count). The minimum atomic E-state index is -1.19.